The van der Waals surface area contributed by atoms with Crippen LogP contribution in [0.1, 0.15) is 193 Å². The van der Waals surface area contributed by atoms with Gasteiger partial charge in [0.25, 0.3) is 94.5 Å². The molecule has 0 aromatic heterocycles. The van der Waals surface area contributed by atoms with Gasteiger partial charge < -0.3 is 73.0 Å². The summed E-state index contributed by atoms with van der Waals surface area (Å²) >= 11 is 0. The molecule has 0 aliphatic carbocycles. The third-order valence-electron chi connectivity index (χ3n) is 20.5. The summed E-state index contributed by atoms with van der Waals surface area (Å²) in [4.78, 5) is 450. The van der Waals surface area contributed by atoms with E-state index in [4.69, 9.17) is 38.7 Å². The van der Waals surface area contributed by atoms with Crippen LogP contribution in [0.3, 0.4) is 0 Å². The average molecular weight is 1850 g/mol. The zero-order valence-corrected chi connectivity index (χ0v) is 70.5. The van der Waals surface area contributed by atoms with Gasteiger partial charge in [-0.3, -0.25) is 110 Å². The van der Waals surface area contributed by atoms with Gasteiger partial charge in [0.1, 0.15) is 0 Å². The summed E-state index contributed by atoms with van der Waals surface area (Å²) in [5, 5.41) is 1.57. The van der Waals surface area contributed by atoms with Gasteiger partial charge in [-0.05, 0) is 6.08 Å². The molecule has 0 aromatic rings. The lowest BCUT2D eigenvalue weighted by atomic mass is 10.2. The van der Waals surface area contributed by atoms with Gasteiger partial charge in [0.2, 0.25) is 41.4 Å². The van der Waals surface area contributed by atoms with Gasteiger partial charge in [0.05, 0.1) is 51.4 Å². The molecule has 8 aliphatic heterocycles. The highest BCUT2D eigenvalue weighted by molar-refractivity contribution is 6.07. The smallest absolute Gasteiger partial charge is 0.334 e. The van der Waals surface area contributed by atoms with Crippen LogP contribution in [-0.2, 0) is 187 Å². The van der Waals surface area contributed by atoms with Crippen molar-refractivity contribution in [3.05, 3.63) is 12.7 Å². The fourth-order valence-corrected chi connectivity index (χ4v) is 13.2. The number of amides is 23. The first-order valence-corrected chi connectivity index (χ1v) is 41.3. The molecule has 0 radical (unpaired) electrons. The lowest BCUT2D eigenvalue weighted by Crippen LogP contribution is -2.44. The van der Waals surface area contributed by atoms with Crippen LogP contribution in [0, 0.1) is 0 Å². The minimum atomic E-state index is -1.26. The fourth-order valence-electron chi connectivity index (χ4n) is 13.2. The summed E-state index contributed by atoms with van der Waals surface area (Å²) in [6.07, 6.45) is -15.7. The molecular weight excluding hydrogens is 1760 g/mol. The van der Waals surface area contributed by atoms with Crippen molar-refractivity contribution in [3.8, 4) is 0 Å². The standard InChI is InChI=1S/C77H91N15O39/c1-2-47(93)78(33-19-48(94)79(35-21-50(96)81(39-25-70(116)124-85-54(100)3-4-55(85)101)40-26-71(117)125-86-56(102)5-6-57(86)103)36-22-51(97)82(41-27-72(118)126-87-58(104)7-8-59(87)105)42-28-73(119)127-88-60(106)9-10-61(88)107)34-20-49(95)80(37-23-52(98)83(43-29-74(120)128-89-62(108)11-12-63(89)109)44-30-75(121)129-90-64(110)13-14-65(90)111)38-24-53(99)84(45-31-76(122)130-91-66(112)15-16-67(91)113)46-32-77(123)131-92-68(114)17-18-69(92)115/h2H,1,3-46H2. The van der Waals surface area contributed by atoms with Crippen molar-refractivity contribution in [1.82, 2.24) is 74.8 Å². The Morgan fingerprint density at radius 1 is 0.183 bits per heavy atom. The Labute approximate surface area is 740 Å². The molecule has 8 heterocycles. The Morgan fingerprint density at radius 2 is 0.282 bits per heavy atom. The molecule has 8 rings (SSSR count). The molecular formula is C77H91N15O39. The molecule has 0 saturated carbocycles. The highest BCUT2D eigenvalue weighted by atomic mass is 16.8. The normalized spacial score (nSPS) is 16.2. The third-order valence-corrected chi connectivity index (χ3v) is 20.5. The zero-order valence-electron chi connectivity index (χ0n) is 70.5. The van der Waals surface area contributed by atoms with Crippen molar-refractivity contribution in [2.24, 2.45) is 0 Å². The molecule has 0 N–H and O–H groups in total. The highest BCUT2D eigenvalue weighted by Crippen LogP contribution is 2.23. The van der Waals surface area contributed by atoms with Gasteiger partial charge in [-0.1, -0.05) is 6.58 Å². The topological polar surface area (TPSA) is 652 Å². The van der Waals surface area contributed by atoms with Crippen molar-refractivity contribution in [2.45, 2.75) is 193 Å². The maximum absolute atomic E-state index is 14.9. The van der Waals surface area contributed by atoms with E-state index in [9.17, 15) is 149 Å². The van der Waals surface area contributed by atoms with E-state index in [2.05, 4.69) is 6.58 Å². The van der Waals surface area contributed by atoms with E-state index in [0.717, 1.165) is 40.4 Å². The molecule has 0 bridgehead atoms. The van der Waals surface area contributed by atoms with E-state index >= 15 is 0 Å². The van der Waals surface area contributed by atoms with Crippen LogP contribution >= 0.6 is 0 Å². The minimum absolute atomic E-state index is 0.196. The maximum Gasteiger partial charge on any atom is 0.334 e. The number of rotatable bonds is 51. The zero-order chi connectivity index (χ0) is 96.0. The molecule has 0 atom stereocenters. The van der Waals surface area contributed by atoms with Crippen LogP contribution in [0.2, 0.25) is 0 Å². The Hall–Kier alpha value is -15.1. The lowest BCUT2D eigenvalue weighted by molar-refractivity contribution is -0.198. The highest BCUT2D eigenvalue weighted by Gasteiger charge is 2.42. The molecule has 23 amide bonds. The lowest BCUT2D eigenvalue weighted by Gasteiger charge is -2.29. The molecule has 54 nitrogen and oxygen atoms in total. The summed E-state index contributed by atoms with van der Waals surface area (Å²) in [5.41, 5.74) is 0. The largest absolute Gasteiger partial charge is 0.342 e. The third kappa shape index (κ3) is 30.0. The van der Waals surface area contributed by atoms with Crippen molar-refractivity contribution in [2.75, 3.05) is 91.6 Å². The number of nitrogens with zero attached hydrogens (tertiary/aromatic N) is 15. The summed E-state index contributed by atoms with van der Waals surface area (Å²) in [6.45, 7) is -6.45. The summed E-state index contributed by atoms with van der Waals surface area (Å²) in [6, 6.07) is 0. The first-order chi connectivity index (χ1) is 62.2. The molecule has 708 valence electrons. The second-order valence-electron chi connectivity index (χ2n) is 29.7. The molecule has 0 unspecified atom stereocenters. The van der Waals surface area contributed by atoms with Crippen molar-refractivity contribution >= 4 is 184 Å². The molecule has 0 spiro atoms. The van der Waals surface area contributed by atoms with Gasteiger partial charge in [-0.15, -0.1) is 40.5 Å². The number of imide groups is 8. The molecule has 131 heavy (non-hydrogen) atoms. The summed E-state index contributed by atoms with van der Waals surface area (Å²) in [7, 11) is 0. The maximum atomic E-state index is 14.9. The van der Waals surface area contributed by atoms with Crippen LogP contribution in [-0.4, -0.2) is 350 Å². The van der Waals surface area contributed by atoms with E-state index in [0.29, 0.717) is 0 Å². The Balaban J connectivity index is 1.06. The van der Waals surface area contributed by atoms with Crippen LogP contribution in [0.15, 0.2) is 12.7 Å². The van der Waals surface area contributed by atoms with Crippen LogP contribution in [0.5, 0.6) is 0 Å². The number of hydrogen-bond acceptors (Lipinski definition) is 39. The van der Waals surface area contributed by atoms with Gasteiger partial charge >= 0.3 is 47.8 Å². The van der Waals surface area contributed by atoms with E-state index in [-0.39, 0.29) is 143 Å². The first-order valence-electron chi connectivity index (χ1n) is 41.3. The van der Waals surface area contributed by atoms with Crippen LogP contribution < -0.4 is 0 Å². The molecule has 8 fully saturated rings. The van der Waals surface area contributed by atoms with Gasteiger partial charge in [0.15, 0.2) is 0 Å². The monoisotopic (exact) mass is 1850 g/mol. The predicted octanol–water partition coefficient (Wildman–Crippen LogP) is -5.71. The predicted molar refractivity (Wildman–Crippen MR) is 408 cm³/mol. The molecule has 54 heteroatoms. The quantitative estimate of drug-likeness (QED) is 0.0404. The van der Waals surface area contributed by atoms with E-state index in [1.807, 2.05) is 0 Å². The minimum Gasteiger partial charge on any atom is -0.342 e. The SMILES string of the molecule is C=CC(=O)N(CCC(=O)N(CCC(=O)N(CCC(=O)ON1C(=O)CCC1=O)CCC(=O)ON1C(=O)CCC1=O)CCC(=O)N(CCC(=O)ON1C(=O)CCC1=O)CCC(=O)ON1C(=O)CCC1=O)CCC(=O)N(CCC(=O)N(CCC(=O)ON1C(=O)CCC1=O)CCC(=O)ON1C(=O)CCC1=O)CCC(=O)N(CCC(=O)ON1C(=O)CCC1=O)CCC(=O)ON1C(=O)CCC1=O. The van der Waals surface area contributed by atoms with Gasteiger partial charge in [-0.25, -0.2) is 38.4 Å². The second-order valence-corrected chi connectivity index (χ2v) is 29.7. The molecule has 8 saturated heterocycles. The van der Waals surface area contributed by atoms with Crippen molar-refractivity contribution < 1.29 is 187 Å². The molecule has 0 aromatic carbocycles. The second kappa shape index (κ2) is 48.2. The fraction of sp³-hybridized carbons (Fsp3) is 0.571. The van der Waals surface area contributed by atoms with Crippen molar-refractivity contribution in [3.63, 3.8) is 0 Å². The van der Waals surface area contributed by atoms with Crippen LogP contribution in [0.4, 0.5) is 0 Å². The van der Waals surface area contributed by atoms with Crippen LogP contribution in [0.25, 0.3) is 0 Å². The van der Waals surface area contributed by atoms with E-state index in [1.165, 1.54) is 0 Å². The number of carbonyl (C=O) groups is 31. The van der Waals surface area contributed by atoms with E-state index < -0.39 is 365 Å². The number of carbonyl (C=O) groups excluding carboxylic acids is 31. The number of hydroxylamine groups is 16. The van der Waals surface area contributed by atoms with Gasteiger partial charge in [-0.2, -0.15) is 0 Å². The first kappa shape index (κ1) is 101. The Morgan fingerprint density at radius 3 is 0.389 bits per heavy atom. The number of hydrogen-bond donors (Lipinski definition) is 0. The summed E-state index contributed by atoms with van der Waals surface area (Å²) in [5.74, 6) is -31.5. The Bertz CT molecular complexity index is 3840. The average Bonchev–Trinajstić information content (AvgIpc) is 1.72. The van der Waals surface area contributed by atoms with Gasteiger partial charge in [0, 0.05) is 233 Å². The van der Waals surface area contributed by atoms with E-state index in [1.54, 1.807) is 0 Å². The molecule has 8 aliphatic rings. The Kier molecular flexibility index (Phi) is 37.3. The van der Waals surface area contributed by atoms with Crippen molar-refractivity contribution in [1.29, 1.82) is 0 Å². The summed E-state index contributed by atoms with van der Waals surface area (Å²) < 4.78 is 0.